The van der Waals surface area contributed by atoms with Crippen molar-refractivity contribution in [3.63, 3.8) is 0 Å². The van der Waals surface area contributed by atoms with Crippen LogP contribution in [0.5, 0.6) is 0 Å². The number of rotatable bonds is 11. The van der Waals surface area contributed by atoms with Crippen LogP contribution >= 0.6 is 0 Å². The summed E-state index contributed by atoms with van der Waals surface area (Å²) in [7, 11) is 0. The zero-order valence-corrected chi connectivity index (χ0v) is 17.5. The van der Waals surface area contributed by atoms with E-state index in [1.807, 2.05) is 0 Å². The minimum Gasteiger partial charge on any atom is -0.493 e. The van der Waals surface area contributed by atoms with Gasteiger partial charge in [-0.2, -0.15) is 0 Å². The van der Waals surface area contributed by atoms with Crippen LogP contribution in [-0.4, -0.2) is 18.7 Å². The minimum atomic E-state index is -0.259. The Morgan fingerprint density at radius 1 is 1.04 bits per heavy atom. The molecule has 1 rings (SSSR count). The van der Waals surface area contributed by atoms with Gasteiger partial charge in [-0.15, -0.1) is 0 Å². The van der Waals surface area contributed by atoms with Gasteiger partial charge in [0, 0.05) is 6.42 Å². The summed E-state index contributed by atoms with van der Waals surface area (Å²) < 4.78 is 11.2. The van der Waals surface area contributed by atoms with Crippen molar-refractivity contribution in [3.05, 3.63) is 46.3 Å². The van der Waals surface area contributed by atoms with E-state index in [2.05, 4.69) is 52.8 Å². The molecule has 0 radical (unpaired) electrons. The molecule has 0 saturated heterocycles. The molecule has 0 fully saturated rings. The van der Waals surface area contributed by atoms with Crippen molar-refractivity contribution in [3.8, 4) is 0 Å². The van der Waals surface area contributed by atoms with Crippen LogP contribution in [0.1, 0.15) is 80.1 Å². The van der Waals surface area contributed by atoms with Crippen LogP contribution in [0.4, 0.5) is 0 Å². The first-order valence-corrected chi connectivity index (χ1v) is 9.84. The molecule has 3 nitrogen and oxygen atoms in total. The van der Waals surface area contributed by atoms with Gasteiger partial charge in [0.1, 0.15) is 5.76 Å². The average Bonchev–Trinajstić information content (AvgIpc) is 2.85. The third-order valence-corrected chi connectivity index (χ3v) is 4.48. The molecule has 26 heavy (non-hydrogen) atoms. The van der Waals surface area contributed by atoms with E-state index >= 15 is 0 Å². The van der Waals surface area contributed by atoms with Crippen LogP contribution in [-0.2, 0) is 14.3 Å². The first-order valence-electron chi connectivity index (χ1n) is 9.84. The summed E-state index contributed by atoms with van der Waals surface area (Å²) in [6.45, 7) is 13.1. The number of carbonyl (C=O) groups excluding carboxylic acids is 1. The number of allylic oxidation sites excluding steroid dienone is 5. The van der Waals surface area contributed by atoms with E-state index in [0.29, 0.717) is 18.6 Å². The maximum Gasteiger partial charge on any atom is 0.338 e. The van der Waals surface area contributed by atoms with Crippen LogP contribution < -0.4 is 0 Å². The van der Waals surface area contributed by atoms with Crippen molar-refractivity contribution in [2.75, 3.05) is 6.61 Å². The van der Waals surface area contributed by atoms with Crippen molar-refractivity contribution < 1.29 is 14.3 Å². The summed E-state index contributed by atoms with van der Waals surface area (Å²) in [5.74, 6) is 0.470. The van der Waals surface area contributed by atoms with Gasteiger partial charge in [-0.3, -0.25) is 0 Å². The summed E-state index contributed by atoms with van der Waals surface area (Å²) in [6, 6.07) is 0. The van der Waals surface area contributed by atoms with Gasteiger partial charge in [-0.05, 0) is 66.7 Å². The van der Waals surface area contributed by atoms with Crippen LogP contribution in [0, 0.1) is 0 Å². The summed E-state index contributed by atoms with van der Waals surface area (Å²) in [4.78, 5) is 11.8. The molecule has 1 heterocycles. The molecule has 1 aliphatic heterocycles. The largest absolute Gasteiger partial charge is 0.493 e. The molecule has 0 aromatic rings. The SMILES string of the molecule is CCCOC1=C(C)C(=O)OC1CC=C(C)CCC=C(C)CCC=C(C)C. The molecule has 3 heteroatoms. The lowest BCUT2D eigenvalue weighted by Gasteiger charge is -2.13. The molecule has 0 spiro atoms. The van der Waals surface area contributed by atoms with Crippen LogP contribution in [0.2, 0.25) is 0 Å². The molecule has 0 amide bonds. The van der Waals surface area contributed by atoms with Crippen molar-refractivity contribution in [2.24, 2.45) is 0 Å². The molecular weight excluding hydrogens is 324 g/mol. The van der Waals surface area contributed by atoms with Gasteiger partial charge >= 0.3 is 5.97 Å². The topological polar surface area (TPSA) is 35.5 Å². The fraction of sp³-hybridized carbons (Fsp3) is 0.609. The Hall–Kier alpha value is -1.77. The molecule has 0 aliphatic carbocycles. The van der Waals surface area contributed by atoms with Gasteiger partial charge in [-0.1, -0.05) is 41.9 Å². The summed E-state index contributed by atoms with van der Waals surface area (Å²) >= 11 is 0. The maximum atomic E-state index is 11.8. The van der Waals surface area contributed by atoms with Crippen LogP contribution in [0.25, 0.3) is 0 Å². The average molecular weight is 361 g/mol. The van der Waals surface area contributed by atoms with E-state index in [4.69, 9.17) is 9.47 Å². The lowest BCUT2D eigenvalue weighted by atomic mass is 10.0. The first kappa shape index (κ1) is 22.3. The van der Waals surface area contributed by atoms with Crippen LogP contribution in [0.3, 0.4) is 0 Å². The van der Waals surface area contributed by atoms with Gasteiger partial charge in [0.25, 0.3) is 0 Å². The molecule has 1 atom stereocenters. The molecule has 0 saturated carbocycles. The highest BCUT2D eigenvalue weighted by Gasteiger charge is 2.32. The van der Waals surface area contributed by atoms with Crippen molar-refractivity contribution in [1.82, 2.24) is 0 Å². The Morgan fingerprint density at radius 2 is 1.65 bits per heavy atom. The number of ether oxygens (including phenoxy) is 2. The van der Waals surface area contributed by atoms with Gasteiger partial charge in [0.05, 0.1) is 12.2 Å². The Balaban J connectivity index is 2.45. The lowest BCUT2D eigenvalue weighted by Crippen LogP contribution is -2.13. The minimum absolute atomic E-state index is 0.248. The number of hydrogen-bond donors (Lipinski definition) is 0. The molecular formula is C23H36O3. The van der Waals surface area contributed by atoms with Crippen LogP contribution in [0.15, 0.2) is 46.3 Å². The molecule has 146 valence electrons. The monoisotopic (exact) mass is 360 g/mol. The van der Waals surface area contributed by atoms with Gasteiger partial charge in [-0.25, -0.2) is 4.79 Å². The lowest BCUT2D eigenvalue weighted by molar-refractivity contribution is -0.140. The quantitative estimate of drug-likeness (QED) is 0.315. The van der Waals surface area contributed by atoms with E-state index in [0.717, 1.165) is 37.9 Å². The number of cyclic esters (lactones) is 1. The van der Waals surface area contributed by atoms with Crippen molar-refractivity contribution in [2.45, 2.75) is 86.2 Å². The van der Waals surface area contributed by atoms with Crippen molar-refractivity contribution in [1.29, 1.82) is 0 Å². The Labute approximate surface area is 159 Å². The normalized spacial score (nSPS) is 18.2. The molecule has 0 aromatic heterocycles. The predicted octanol–water partition coefficient (Wildman–Crippen LogP) is 6.42. The van der Waals surface area contributed by atoms with E-state index in [9.17, 15) is 4.79 Å². The number of esters is 1. The second-order valence-electron chi connectivity index (χ2n) is 7.43. The Kier molecular flexibility index (Phi) is 10.1. The number of hydrogen-bond acceptors (Lipinski definition) is 3. The first-order chi connectivity index (χ1) is 12.3. The molecule has 0 bridgehead atoms. The third kappa shape index (κ3) is 8.07. The van der Waals surface area contributed by atoms with Gasteiger partial charge in [0.15, 0.2) is 6.10 Å². The second kappa shape index (κ2) is 11.8. The predicted molar refractivity (Wildman–Crippen MR) is 109 cm³/mol. The fourth-order valence-corrected chi connectivity index (χ4v) is 2.83. The number of carbonyl (C=O) groups is 1. The Morgan fingerprint density at radius 3 is 2.27 bits per heavy atom. The van der Waals surface area contributed by atoms with E-state index < -0.39 is 0 Å². The summed E-state index contributed by atoms with van der Waals surface area (Å²) in [5.41, 5.74) is 4.78. The van der Waals surface area contributed by atoms with Gasteiger partial charge < -0.3 is 9.47 Å². The maximum absolute atomic E-state index is 11.8. The highest BCUT2D eigenvalue weighted by molar-refractivity contribution is 5.91. The molecule has 1 aliphatic rings. The summed E-state index contributed by atoms with van der Waals surface area (Å²) in [5, 5.41) is 0. The standard InChI is InChI=1S/C23H36O3/c1-7-16-25-22-20(6)23(24)26-21(22)15-14-19(5)13-9-12-18(4)11-8-10-17(2)3/h10,12,14,21H,7-9,11,13,15-16H2,1-6H3. The highest BCUT2D eigenvalue weighted by atomic mass is 16.6. The zero-order valence-electron chi connectivity index (χ0n) is 17.5. The Bertz CT molecular complexity index is 587. The third-order valence-electron chi connectivity index (χ3n) is 4.48. The molecule has 1 unspecified atom stereocenters. The zero-order chi connectivity index (χ0) is 19.5. The fourth-order valence-electron chi connectivity index (χ4n) is 2.83. The molecule has 0 aromatic carbocycles. The van der Waals surface area contributed by atoms with Gasteiger partial charge in [0.2, 0.25) is 0 Å². The smallest absolute Gasteiger partial charge is 0.338 e. The van der Waals surface area contributed by atoms with Crippen molar-refractivity contribution >= 4 is 5.97 Å². The van der Waals surface area contributed by atoms with E-state index in [1.54, 1.807) is 6.92 Å². The van der Waals surface area contributed by atoms with E-state index in [1.165, 1.54) is 16.7 Å². The summed E-state index contributed by atoms with van der Waals surface area (Å²) in [6.07, 6.45) is 12.5. The second-order valence-corrected chi connectivity index (χ2v) is 7.43. The van der Waals surface area contributed by atoms with E-state index in [-0.39, 0.29) is 12.1 Å². The molecule has 0 N–H and O–H groups in total. The highest BCUT2D eigenvalue weighted by Crippen LogP contribution is 2.27.